The van der Waals surface area contributed by atoms with E-state index in [9.17, 15) is 4.79 Å². The summed E-state index contributed by atoms with van der Waals surface area (Å²) in [5, 5.41) is 19.2. The number of aromatic nitrogens is 3. The summed E-state index contributed by atoms with van der Waals surface area (Å²) in [4.78, 5) is 11.6. The Morgan fingerprint density at radius 1 is 1.56 bits per heavy atom. The third-order valence-electron chi connectivity index (χ3n) is 2.12. The molecule has 6 heteroatoms. The number of nitrogens with one attached hydrogen (secondary N) is 1. The molecule has 1 aromatic heterocycles. The quantitative estimate of drug-likeness (QED) is 0.704. The first kappa shape index (κ1) is 12.6. The summed E-state index contributed by atoms with van der Waals surface area (Å²) in [5.74, 6) is 0.272. The molecule has 2 N–H and O–H groups in total. The first-order valence-electron chi connectivity index (χ1n) is 5.36. The van der Waals surface area contributed by atoms with E-state index in [1.54, 1.807) is 6.20 Å². The number of rotatable bonds is 6. The molecule has 0 aliphatic carbocycles. The molecular weight excluding hydrogens is 208 g/mol. The van der Waals surface area contributed by atoms with Gasteiger partial charge in [0, 0.05) is 6.20 Å². The molecule has 1 atom stereocenters. The molecule has 90 valence electrons. The van der Waals surface area contributed by atoms with Crippen molar-refractivity contribution in [3.8, 4) is 0 Å². The smallest absolute Gasteiger partial charge is 0.242 e. The maximum Gasteiger partial charge on any atom is 0.242 e. The van der Waals surface area contributed by atoms with E-state index in [1.165, 1.54) is 10.9 Å². The van der Waals surface area contributed by atoms with E-state index in [2.05, 4.69) is 15.6 Å². The van der Waals surface area contributed by atoms with Gasteiger partial charge in [-0.25, -0.2) is 4.68 Å². The molecule has 0 bridgehead atoms. The zero-order chi connectivity index (χ0) is 12.0. The molecule has 0 spiro atoms. The van der Waals surface area contributed by atoms with E-state index in [1.807, 2.05) is 13.8 Å². The highest BCUT2D eigenvalue weighted by molar-refractivity contribution is 5.75. The van der Waals surface area contributed by atoms with Gasteiger partial charge in [0.1, 0.15) is 6.54 Å². The second-order valence-corrected chi connectivity index (χ2v) is 4.18. The summed E-state index contributed by atoms with van der Waals surface area (Å²) in [5.41, 5.74) is 0. The fraction of sp³-hybridized carbons (Fsp3) is 0.700. The highest BCUT2D eigenvalue weighted by Gasteiger charge is 2.13. The molecule has 0 fully saturated rings. The Bertz CT molecular complexity index is 311. The number of amides is 1. The Kier molecular flexibility index (Phi) is 4.91. The second kappa shape index (κ2) is 6.22. The Morgan fingerprint density at radius 3 is 2.81 bits per heavy atom. The Hall–Kier alpha value is -1.43. The molecule has 0 aliphatic heterocycles. The summed E-state index contributed by atoms with van der Waals surface area (Å²) in [6, 6.07) is -0.184. The fourth-order valence-electron chi connectivity index (χ4n) is 1.49. The summed E-state index contributed by atoms with van der Waals surface area (Å²) in [6.45, 7) is 4.19. The van der Waals surface area contributed by atoms with Gasteiger partial charge in [0.05, 0.1) is 18.8 Å². The Morgan fingerprint density at radius 2 is 2.31 bits per heavy atom. The third-order valence-corrected chi connectivity index (χ3v) is 2.12. The molecule has 0 radical (unpaired) electrons. The van der Waals surface area contributed by atoms with Crippen molar-refractivity contribution in [2.24, 2.45) is 5.92 Å². The summed E-state index contributed by atoms with van der Waals surface area (Å²) in [7, 11) is 0. The van der Waals surface area contributed by atoms with Crippen LogP contribution < -0.4 is 5.32 Å². The molecule has 6 nitrogen and oxygen atoms in total. The van der Waals surface area contributed by atoms with E-state index in [4.69, 9.17) is 5.11 Å². The number of nitrogens with zero attached hydrogens (tertiary/aromatic N) is 3. The summed E-state index contributed by atoms with van der Waals surface area (Å²) in [6.07, 6.45) is 3.90. The van der Waals surface area contributed by atoms with Crippen LogP contribution in [0.4, 0.5) is 0 Å². The van der Waals surface area contributed by atoms with Gasteiger partial charge in [-0.05, 0) is 12.3 Å². The molecule has 1 aromatic rings. The van der Waals surface area contributed by atoms with Crippen molar-refractivity contribution in [3.63, 3.8) is 0 Å². The minimum Gasteiger partial charge on any atom is -0.394 e. The van der Waals surface area contributed by atoms with Crippen molar-refractivity contribution in [1.29, 1.82) is 0 Å². The average Bonchev–Trinajstić information content (AvgIpc) is 2.68. The van der Waals surface area contributed by atoms with E-state index in [0.29, 0.717) is 5.92 Å². The molecule has 1 amide bonds. The van der Waals surface area contributed by atoms with E-state index < -0.39 is 0 Å². The lowest BCUT2D eigenvalue weighted by molar-refractivity contribution is -0.123. The Balaban J connectivity index is 2.37. The third kappa shape index (κ3) is 4.39. The van der Waals surface area contributed by atoms with Gasteiger partial charge in [-0.1, -0.05) is 19.1 Å². The van der Waals surface area contributed by atoms with Crippen LogP contribution in [0.3, 0.4) is 0 Å². The van der Waals surface area contributed by atoms with Crippen LogP contribution in [0.5, 0.6) is 0 Å². The van der Waals surface area contributed by atoms with Gasteiger partial charge in [-0.2, -0.15) is 0 Å². The first-order chi connectivity index (χ1) is 7.61. The predicted octanol–water partition coefficient (Wildman–Crippen LogP) is -0.199. The van der Waals surface area contributed by atoms with Crippen LogP contribution in [0.2, 0.25) is 0 Å². The number of carbonyl (C=O) groups excluding carboxylic acids is 1. The van der Waals surface area contributed by atoms with Gasteiger partial charge >= 0.3 is 0 Å². The standard InChI is InChI=1S/C10H18N4O2/c1-8(2)5-9(7-15)12-10(16)6-14-4-3-11-13-14/h3-4,8-9,15H,5-7H2,1-2H3,(H,12,16). The molecule has 16 heavy (non-hydrogen) atoms. The number of carbonyl (C=O) groups is 1. The molecule has 0 aliphatic rings. The van der Waals surface area contributed by atoms with Crippen LogP contribution in [-0.2, 0) is 11.3 Å². The van der Waals surface area contributed by atoms with Gasteiger partial charge in [-0.15, -0.1) is 5.10 Å². The molecule has 0 saturated carbocycles. The van der Waals surface area contributed by atoms with Crippen LogP contribution >= 0.6 is 0 Å². The maximum atomic E-state index is 11.6. The van der Waals surface area contributed by atoms with Crippen molar-refractivity contribution >= 4 is 5.91 Å². The highest BCUT2D eigenvalue weighted by atomic mass is 16.3. The van der Waals surface area contributed by atoms with Crippen LogP contribution in [0, 0.1) is 5.92 Å². The number of hydrogen-bond donors (Lipinski definition) is 2. The largest absolute Gasteiger partial charge is 0.394 e. The number of aliphatic hydroxyl groups excluding tert-OH is 1. The van der Waals surface area contributed by atoms with Gasteiger partial charge in [-0.3, -0.25) is 4.79 Å². The summed E-state index contributed by atoms with van der Waals surface area (Å²) >= 11 is 0. The van der Waals surface area contributed by atoms with E-state index in [0.717, 1.165) is 6.42 Å². The van der Waals surface area contributed by atoms with Crippen LogP contribution in [0.15, 0.2) is 12.4 Å². The molecule has 1 unspecified atom stereocenters. The second-order valence-electron chi connectivity index (χ2n) is 4.18. The van der Waals surface area contributed by atoms with Crippen LogP contribution in [0.25, 0.3) is 0 Å². The van der Waals surface area contributed by atoms with Crippen LogP contribution in [-0.4, -0.2) is 38.7 Å². The molecular formula is C10H18N4O2. The van der Waals surface area contributed by atoms with Crippen molar-refractivity contribution in [2.75, 3.05) is 6.61 Å². The number of hydrogen-bond acceptors (Lipinski definition) is 4. The minimum atomic E-state index is -0.184. The zero-order valence-corrected chi connectivity index (χ0v) is 9.63. The summed E-state index contributed by atoms with van der Waals surface area (Å²) < 4.78 is 1.44. The number of aliphatic hydroxyl groups is 1. The molecule has 0 aromatic carbocycles. The monoisotopic (exact) mass is 226 g/mol. The van der Waals surface area contributed by atoms with Gasteiger partial charge in [0.25, 0.3) is 0 Å². The first-order valence-corrected chi connectivity index (χ1v) is 5.36. The molecule has 1 heterocycles. The predicted molar refractivity (Wildman–Crippen MR) is 58.5 cm³/mol. The lowest BCUT2D eigenvalue weighted by Gasteiger charge is -2.18. The van der Waals surface area contributed by atoms with E-state index in [-0.39, 0.29) is 25.1 Å². The average molecular weight is 226 g/mol. The SMILES string of the molecule is CC(C)CC(CO)NC(=O)Cn1ccnn1. The fourth-order valence-corrected chi connectivity index (χ4v) is 1.49. The van der Waals surface area contributed by atoms with Gasteiger partial charge < -0.3 is 10.4 Å². The molecule has 0 saturated heterocycles. The lowest BCUT2D eigenvalue weighted by atomic mass is 10.0. The van der Waals surface area contributed by atoms with Crippen molar-refractivity contribution in [2.45, 2.75) is 32.9 Å². The van der Waals surface area contributed by atoms with Gasteiger partial charge in [0.2, 0.25) is 5.91 Å². The minimum absolute atomic E-state index is 0.0404. The van der Waals surface area contributed by atoms with Crippen molar-refractivity contribution in [1.82, 2.24) is 20.3 Å². The lowest BCUT2D eigenvalue weighted by Crippen LogP contribution is -2.40. The topological polar surface area (TPSA) is 80.0 Å². The van der Waals surface area contributed by atoms with Gasteiger partial charge in [0.15, 0.2) is 0 Å². The Labute approximate surface area is 94.7 Å². The highest BCUT2D eigenvalue weighted by Crippen LogP contribution is 2.03. The zero-order valence-electron chi connectivity index (χ0n) is 9.63. The van der Waals surface area contributed by atoms with E-state index >= 15 is 0 Å². The molecule has 1 rings (SSSR count). The maximum absolute atomic E-state index is 11.6. The van der Waals surface area contributed by atoms with Crippen molar-refractivity contribution in [3.05, 3.63) is 12.4 Å². The van der Waals surface area contributed by atoms with Crippen molar-refractivity contribution < 1.29 is 9.90 Å². The normalized spacial score (nSPS) is 12.8. The van der Waals surface area contributed by atoms with Crippen LogP contribution in [0.1, 0.15) is 20.3 Å².